The quantitative estimate of drug-likeness (QED) is 0.896. The first-order valence-corrected chi connectivity index (χ1v) is 4.47. The molecule has 1 aromatic rings. The summed E-state index contributed by atoms with van der Waals surface area (Å²) in [6, 6.07) is 0. The Morgan fingerprint density at radius 2 is 2.14 bits per heavy atom. The Labute approximate surface area is 86.9 Å². The second-order valence-corrected chi connectivity index (χ2v) is 3.38. The lowest BCUT2D eigenvalue weighted by molar-refractivity contribution is -0.128. The minimum atomic E-state index is -4.28. The summed E-state index contributed by atoms with van der Waals surface area (Å²) in [6.07, 6.45) is -4.10. The zero-order valence-corrected chi connectivity index (χ0v) is 8.78. The molecule has 14 heavy (non-hydrogen) atoms. The predicted molar refractivity (Wildman–Crippen MR) is 49.0 cm³/mol. The molecule has 0 bridgehead atoms. The number of alkyl halides is 3. The van der Waals surface area contributed by atoms with E-state index in [1.165, 1.54) is 6.20 Å². The molecule has 0 saturated heterocycles. The summed E-state index contributed by atoms with van der Waals surface area (Å²) in [6.45, 7) is 0. The van der Waals surface area contributed by atoms with E-state index in [0.29, 0.717) is 10.3 Å². The van der Waals surface area contributed by atoms with Crippen LogP contribution >= 0.6 is 15.9 Å². The summed E-state index contributed by atoms with van der Waals surface area (Å²) >= 11 is 3.10. The molecule has 7 heteroatoms. The van der Waals surface area contributed by atoms with Gasteiger partial charge in [0.2, 0.25) is 0 Å². The van der Waals surface area contributed by atoms with Crippen LogP contribution in [0.1, 0.15) is 5.82 Å². The summed E-state index contributed by atoms with van der Waals surface area (Å²) in [7, 11) is 1.57. The molecule has 0 aromatic carbocycles. The Kier molecular flexibility index (Phi) is 3.30. The zero-order valence-electron chi connectivity index (χ0n) is 7.19. The van der Waals surface area contributed by atoms with Crippen LogP contribution in [-0.4, -0.2) is 23.2 Å². The molecule has 0 amide bonds. The standard InChI is InChI=1S/C7H7BrF3N3/c1-12-6-4(8)3-13-5(14-6)2-7(9,10)11/h3H,2H2,1H3,(H,12,13,14). The maximum Gasteiger partial charge on any atom is 0.396 e. The fourth-order valence-corrected chi connectivity index (χ4v) is 1.23. The average molecular weight is 270 g/mol. The molecular formula is C7H7BrF3N3. The van der Waals surface area contributed by atoms with Gasteiger partial charge in [-0.3, -0.25) is 0 Å². The lowest BCUT2D eigenvalue weighted by Crippen LogP contribution is -2.14. The number of nitrogens with one attached hydrogen (secondary N) is 1. The van der Waals surface area contributed by atoms with Gasteiger partial charge in [-0.25, -0.2) is 9.97 Å². The van der Waals surface area contributed by atoms with Crippen LogP contribution < -0.4 is 5.32 Å². The van der Waals surface area contributed by atoms with E-state index in [1.54, 1.807) is 7.05 Å². The SMILES string of the molecule is CNc1nc(CC(F)(F)F)ncc1Br. The number of hydrogen-bond donors (Lipinski definition) is 1. The first kappa shape index (κ1) is 11.2. The summed E-state index contributed by atoms with van der Waals surface area (Å²) in [5, 5.41) is 2.66. The molecule has 0 fully saturated rings. The molecule has 1 heterocycles. The number of aromatic nitrogens is 2. The lowest BCUT2D eigenvalue weighted by atomic mass is 10.4. The Bertz CT molecular complexity index is 326. The Hall–Kier alpha value is -0.850. The summed E-state index contributed by atoms with van der Waals surface area (Å²) < 4.78 is 36.4. The number of hydrogen-bond acceptors (Lipinski definition) is 3. The fraction of sp³-hybridized carbons (Fsp3) is 0.429. The first-order chi connectivity index (χ1) is 6.42. The fourth-order valence-electron chi connectivity index (χ4n) is 0.843. The normalized spacial score (nSPS) is 11.5. The van der Waals surface area contributed by atoms with Gasteiger partial charge in [0.25, 0.3) is 0 Å². The van der Waals surface area contributed by atoms with E-state index >= 15 is 0 Å². The van der Waals surface area contributed by atoms with E-state index < -0.39 is 12.6 Å². The molecule has 0 atom stereocenters. The van der Waals surface area contributed by atoms with Gasteiger partial charge in [-0.2, -0.15) is 13.2 Å². The predicted octanol–water partition coefficient (Wildman–Crippen LogP) is 2.39. The largest absolute Gasteiger partial charge is 0.396 e. The highest BCUT2D eigenvalue weighted by molar-refractivity contribution is 9.10. The van der Waals surface area contributed by atoms with Gasteiger partial charge in [0, 0.05) is 13.2 Å². The van der Waals surface area contributed by atoms with E-state index in [0.717, 1.165) is 0 Å². The third-order valence-electron chi connectivity index (χ3n) is 1.39. The molecule has 0 aliphatic heterocycles. The van der Waals surface area contributed by atoms with Crippen molar-refractivity contribution in [1.29, 1.82) is 0 Å². The van der Waals surface area contributed by atoms with E-state index in [-0.39, 0.29) is 5.82 Å². The van der Waals surface area contributed by atoms with Crippen molar-refractivity contribution in [2.45, 2.75) is 12.6 Å². The van der Waals surface area contributed by atoms with E-state index in [9.17, 15) is 13.2 Å². The van der Waals surface area contributed by atoms with Crippen LogP contribution in [0.3, 0.4) is 0 Å². The number of rotatable bonds is 2. The molecule has 1 rings (SSSR count). The highest BCUT2D eigenvalue weighted by Gasteiger charge is 2.29. The van der Waals surface area contributed by atoms with Gasteiger partial charge < -0.3 is 5.32 Å². The molecule has 1 N–H and O–H groups in total. The maximum atomic E-state index is 12.0. The van der Waals surface area contributed by atoms with Gasteiger partial charge in [-0.1, -0.05) is 0 Å². The number of anilines is 1. The Morgan fingerprint density at radius 3 is 2.64 bits per heavy atom. The molecule has 0 aliphatic rings. The van der Waals surface area contributed by atoms with Gasteiger partial charge in [0.1, 0.15) is 18.1 Å². The molecule has 0 unspecified atom stereocenters. The van der Waals surface area contributed by atoms with Crippen molar-refractivity contribution < 1.29 is 13.2 Å². The molecule has 1 aromatic heterocycles. The minimum Gasteiger partial charge on any atom is -0.372 e. The highest BCUT2D eigenvalue weighted by atomic mass is 79.9. The Balaban J connectivity index is 2.90. The van der Waals surface area contributed by atoms with Crippen molar-refractivity contribution in [2.75, 3.05) is 12.4 Å². The minimum absolute atomic E-state index is 0.245. The molecule has 0 saturated carbocycles. The van der Waals surface area contributed by atoms with Crippen LogP contribution in [0.2, 0.25) is 0 Å². The second-order valence-electron chi connectivity index (χ2n) is 2.52. The summed E-state index contributed by atoms with van der Waals surface area (Å²) in [5.41, 5.74) is 0. The Morgan fingerprint density at radius 1 is 1.50 bits per heavy atom. The molecule has 0 spiro atoms. The zero-order chi connectivity index (χ0) is 10.8. The topological polar surface area (TPSA) is 37.8 Å². The monoisotopic (exact) mass is 269 g/mol. The third-order valence-corrected chi connectivity index (χ3v) is 1.97. The van der Waals surface area contributed by atoms with Crippen LogP contribution in [0, 0.1) is 0 Å². The third kappa shape index (κ3) is 3.13. The molecule has 0 radical (unpaired) electrons. The van der Waals surface area contributed by atoms with Gasteiger partial charge >= 0.3 is 6.18 Å². The average Bonchev–Trinajstić information content (AvgIpc) is 2.06. The highest BCUT2D eigenvalue weighted by Crippen LogP contribution is 2.22. The van der Waals surface area contributed by atoms with Crippen molar-refractivity contribution >= 4 is 21.7 Å². The second kappa shape index (κ2) is 4.12. The van der Waals surface area contributed by atoms with E-state index in [2.05, 4.69) is 31.2 Å². The first-order valence-electron chi connectivity index (χ1n) is 3.68. The van der Waals surface area contributed by atoms with Gasteiger partial charge in [0.05, 0.1) is 4.47 Å². The smallest absolute Gasteiger partial charge is 0.372 e. The van der Waals surface area contributed by atoms with Gasteiger partial charge in [-0.05, 0) is 15.9 Å². The molecule has 0 aliphatic carbocycles. The van der Waals surface area contributed by atoms with Gasteiger partial charge in [0.15, 0.2) is 0 Å². The van der Waals surface area contributed by atoms with E-state index in [1.807, 2.05) is 0 Å². The number of halogens is 4. The molecule has 78 valence electrons. The van der Waals surface area contributed by atoms with Crippen LogP contribution in [0.15, 0.2) is 10.7 Å². The maximum absolute atomic E-state index is 12.0. The van der Waals surface area contributed by atoms with Crippen LogP contribution in [-0.2, 0) is 6.42 Å². The van der Waals surface area contributed by atoms with Gasteiger partial charge in [-0.15, -0.1) is 0 Å². The van der Waals surface area contributed by atoms with Crippen molar-refractivity contribution in [3.05, 3.63) is 16.5 Å². The lowest BCUT2D eigenvalue weighted by Gasteiger charge is -2.07. The van der Waals surface area contributed by atoms with Crippen molar-refractivity contribution in [3.63, 3.8) is 0 Å². The van der Waals surface area contributed by atoms with Crippen molar-refractivity contribution in [1.82, 2.24) is 9.97 Å². The summed E-state index contributed by atoms with van der Waals surface area (Å²) in [5.74, 6) is 0.101. The van der Waals surface area contributed by atoms with Crippen molar-refractivity contribution in [2.24, 2.45) is 0 Å². The van der Waals surface area contributed by atoms with Crippen LogP contribution in [0.25, 0.3) is 0 Å². The van der Waals surface area contributed by atoms with Crippen LogP contribution in [0.5, 0.6) is 0 Å². The van der Waals surface area contributed by atoms with E-state index in [4.69, 9.17) is 0 Å². The number of nitrogens with zero attached hydrogens (tertiary/aromatic N) is 2. The summed E-state index contributed by atoms with van der Waals surface area (Å²) in [4.78, 5) is 7.24. The van der Waals surface area contributed by atoms with Crippen molar-refractivity contribution in [3.8, 4) is 0 Å². The molecular weight excluding hydrogens is 263 g/mol. The molecule has 3 nitrogen and oxygen atoms in total. The van der Waals surface area contributed by atoms with Crippen LogP contribution in [0.4, 0.5) is 19.0 Å².